The van der Waals surface area contributed by atoms with Gasteiger partial charge in [-0.3, -0.25) is 4.79 Å². The molecule has 47 heavy (non-hydrogen) atoms. The molecule has 3 aliphatic rings. The van der Waals surface area contributed by atoms with Crippen molar-refractivity contribution in [3.63, 3.8) is 0 Å². The lowest BCUT2D eigenvalue weighted by Gasteiger charge is -2.15. The number of methoxy groups -OCH3 is 1. The number of amides is 1. The van der Waals surface area contributed by atoms with E-state index >= 15 is 0 Å². The lowest BCUT2D eigenvalue weighted by molar-refractivity contribution is -0.130. The van der Waals surface area contributed by atoms with Crippen LogP contribution in [0.2, 0.25) is 0 Å². The lowest BCUT2D eigenvalue weighted by atomic mass is 9.99. The quantitative estimate of drug-likeness (QED) is 0.187. The molecule has 0 unspecified atom stereocenters. The van der Waals surface area contributed by atoms with E-state index in [2.05, 4.69) is 55.9 Å². The Morgan fingerprint density at radius 2 is 1.40 bits per heavy atom. The zero-order chi connectivity index (χ0) is 33.4. The van der Waals surface area contributed by atoms with Crippen LogP contribution in [0.3, 0.4) is 0 Å². The van der Waals surface area contributed by atoms with Gasteiger partial charge >= 0.3 is 5.97 Å². The Hall–Kier alpha value is -4.17. The number of aryl methyl sites for hydroxylation is 3. The van der Waals surface area contributed by atoms with Crippen molar-refractivity contribution in [2.45, 2.75) is 79.6 Å². The van der Waals surface area contributed by atoms with Crippen LogP contribution in [0.5, 0.6) is 0 Å². The third-order valence-corrected chi connectivity index (χ3v) is 10.2. The van der Waals surface area contributed by atoms with Crippen molar-refractivity contribution in [1.29, 1.82) is 0 Å². The number of rotatable bonds is 8. The van der Waals surface area contributed by atoms with Crippen LogP contribution in [0, 0.1) is 13.8 Å². The van der Waals surface area contributed by atoms with Crippen molar-refractivity contribution in [3.8, 4) is 0 Å². The predicted octanol–water partition coefficient (Wildman–Crippen LogP) is 8.56. The molecule has 9 heteroatoms. The van der Waals surface area contributed by atoms with E-state index < -0.39 is 5.97 Å². The fourth-order valence-corrected chi connectivity index (χ4v) is 7.44. The van der Waals surface area contributed by atoms with Gasteiger partial charge in [0.05, 0.1) is 41.0 Å². The molecule has 246 valence electrons. The molecule has 0 radical (unpaired) electrons. The van der Waals surface area contributed by atoms with Crippen LogP contribution in [0.1, 0.15) is 109 Å². The highest BCUT2D eigenvalue weighted by molar-refractivity contribution is 6.18. The van der Waals surface area contributed by atoms with Crippen LogP contribution in [0.15, 0.2) is 24.3 Å². The molecule has 3 aliphatic heterocycles. The Balaban J connectivity index is 1.61. The molecular formula is C38H44ClN5O3. The van der Waals surface area contributed by atoms with Gasteiger partial charge in [0.2, 0.25) is 5.91 Å². The molecule has 1 saturated heterocycles. The maximum Gasteiger partial charge on any atom is 0.340 e. The van der Waals surface area contributed by atoms with Crippen LogP contribution in [0.25, 0.3) is 44.4 Å². The van der Waals surface area contributed by atoms with Gasteiger partial charge < -0.3 is 19.6 Å². The first-order valence-corrected chi connectivity index (χ1v) is 17.3. The molecule has 0 aromatic carbocycles. The topological polar surface area (TPSA) is 104 Å². The number of hydrogen-bond donors (Lipinski definition) is 2. The van der Waals surface area contributed by atoms with Gasteiger partial charge in [0, 0.05) is 41.9 Å². The van der Waals surface area contributed by atoms with E-state index in [0.717, 1.165) is 106 Å². The highest BCUT2D eigenvalue weighted by Crippen LogP contribution is 2.38. The first-order chi connectivity index (χ1) is 22.6. The normalized spacial score (nSPS) is 14.8. The van der Waals surface area contributed by atoms with Crippen LogP contribution < -0.4 is 0 Å². The van der Waals surface area contributed by atoms with Crippen molar-refractivity contribution in [2.75, 3.05) is 26.1 Å². The number of halogens is 1. The number of aromatic nitrogens is 4. The molecule has 0 aliphatic carbocycles. The van der Waals surface area contributed by atoms with Gasteiger partial charge in [0.25, 0.3) is 0 Å². The minimum atomic E-state index is -0.404. The second kappa shape index (κ2) is 13.5. The van der Waals surface area contributed by atoms with Crippen LogP contribution >= 0.6 is 11.6 Å². The summed E-state index contributed by atoms with van der Waals surface area (Å²) in [5.41, 5.74) is 14.8. The van der Waals surface area contributed by atoms with Crippen molar-refractivity contribution >= 4 is 67.8 Å². The Kier molecular flexibility index (Phi) is 9.42. The number of ether oxygens (including phenoxy) is 1. The fourth-order valence-electron chi connectivity index (χ4n) is 7.25. The second-order valence-corrected chi connectivity index (χ2v) is 13.2. The number of likely N-dealkylation sites (tertiary alicyclic amines) is 1. The SMILES string of the molecule is CCc1c(C)c2cc3nc(cc4nc(cc5[nH]c(cc1[nH]2)c(C)c5C(=O)OC)C(CCCC(=O)N1CCCC1)=C4C)C(C)=C3CCCl. The summed E-state index contributed by atoms with van der Waals surface area (Å²) in [6, 6.07) is 8.23. The molecular weight excluding hydrogens is 610 g/mol. The highest BCUT2D eigenvalue weighted by atomic mass is 35.5. The van der Waals surface area contributed by atoms with E-state index in [0.29, 0.717) is 36.2 Å². The Morgan fingerprint density at radius 1 is 0.809 bits per heavy atom. The standard InChI is InChI=1S/C38H44ClN5O3/c1-7-25-21(2)30-18-33-27(13-14-39)23(4)29(41-33)17-28-22(3)26(11-10-12-36(45)44-15-8-9-16-44)34(42-28)20-35-37(38(46)47-6)24(5)31(43-35)19-32(25)40-30/h17-20,40,43H,7-16H2,1-6H3. The molecule has 8 bridgehead atoms. The van der Waals surface area contributed by atoms with Crippen molar-refractivity contribution in [1.82, 2.24) is 24.8 Å². The number of esters is 1. The van der Waals surface area contributed by atoms with Gasteiger partial charge in [-0.1, -0.05) is 6.92 Å². The number of carbonyl (C=O) groups is 2. The monoisotopic (exact) mass is 653 g/mol. The third-order valence-electron chi connectivity index (χ3n) is 10.0. The molecule has 6 heterocycles. The number of nitrogens with zero attached hydrogens (tertiary/aromatic N) is 3. The molecule has 3 aromatic rings. The number of fused-ring (bicyclic) bond motifs is 8. The van der Waals surface area contributed by atoms with Gasteiger partial charge in [0.15, 0.2) is 0 Å². The number of aromatic amines is 2. The van der Waals surface area contributed by atoms with E-state index in [1.807, 2.05) is 17.9 Å². The molecule has 0 saturated carbocycles. The summed E-state index contributed by atoms with van der Waals surface area (Å²) >= 11 is 6.30. The number of allylic oxidation sites excluding steroid dienone is 4. The summed E-state index contributed by atoms with van der Waals surface area (Å²) in [7, 11) is 1.41. The first-order valence-electron chi connectivity index (χ1n) is 16.7. The van der Waals surface area contributed by atoms with Crippen molar-refractivity contribution in [2.24, 2.45) is 0 Å². The zero-order valence-corrected chi connectivity index (χ0v) is 29.1. The molecule has 1 amide bonds. The van der Waals surface area contributed by atoms with Gasteiger partial charge in [0.1, 0.15) is 0 Å². The summed E-state index contributed by atoms with van der Waals surface area (Å²) in [6.45, 7) is 12.1. The average molecular weight is 654 g/mol. The number of hydrogen-bond acceptors (Lipinski definition) is 5. The minimum absolute atomic E-state index is 0.219. The van der Waals surface area contributed by atoms with Crippen LogP contribution in [-0.2, 0) is 16.0 Å². The summed E-state index contributed by atoms with van der Waals surface area (Å²) in [6.07, 6.45) is 5.63. The number of carbonyl (C=O) groups excluding carboxylic acids is 2. The van der Waals surface area contributed by atoms with Gasteiger partial charge in [-0.05, 0) is 129 Å². The van der Waals surface area contributed by atoms with E-state index in [1.165, 1.54) is 18.2 Å². The maximum atomic E-state index is 13.2. The summed E-state index contributed by atoms with van der Waals surface area (Å²) in [5, 5.41) is 0. The molecule has 6 rings (SSSR count). The van der Waals surface area contributed by atoms with Crippen LogP contribution in [0.4, 0.5) is 0 Å². The molecule has 2 N–H and O–H groups in total. The van der Waals surface area contributed by atoms with Crippen molar-refractivity contribution in [3.05, 3.63) is 69.3 Å². The molecule has 3 aromatic heterocycles. The molecule has 0 spiro atoms. The van der Waals surface area contributed by atoms with E-state index in [-0.39, 0.29) is 5.91 Å². The van der Waals surface area contributed by atoms with Gasteiger partial charge in [-0.25, -0.2) is 14.8 Å². The minimum Gasteiger partial charge on any atom is -0.465 e. The largest absolute Gasteiger partial charge is 0.465 e. The number of nitrogens with one attached hydrogen (secondary N) is 2. The summed E-state index contributed by atoms with van der Waals surface area (Å²) < 4.78 is 5.26. The molecule has 1 fully saturated rings. The first kappa shape index (κ1) is 32.8. The average Bonchev–Trinajstić information content (AvgIpc) is 3.86. The Bertz CT molecular complexity index is 1990. The van der Waals surface area contributed by atoms with Crippen molar-refractivity contribution < 1.29 is 14.3 Å². The maximum absolute atomic E-state index is 13.2. The molecule has 0 atom stereocenters. The predicted molar refractivity (Wildman–Crippen MR) is 191 cm³/mol. The zero-order valence-electron chi connectivity index (χ0n) is 28.3. The number of alkyl halides is 1. The summed E-state index contributed by atoms with van der Waals surface area (Å²) in [5.74, 6) is 0.315. The Labute approximate surface area is 281 Å². The number of H-pyrrole nitrogens is 2. The van der Waals surface area contributed by atoms with Crippen LogP contribution in [-0.4, -0.2) is 62.8 Å². The molecule has 8 nitrogen and oxygen atoms in total. The van der Waals surface area contributed by atoms with E-state index in [1.54, 1.807) is 0 Å². The fraction of sp³-hybridized carbons (Fsp3) is 0.421. The van der Waals surface area contributed by atoms with Gasteiger partial charge in [-0.2, -0.15) is 0 Å². The highest BCUT2D eigenvalue weighted by Gasteiger charge is 2.24. The summed E-state index contributed by atoms with van der Waals surface area (Å²) in [4.78, 5) is 45.5. The lowest BCUT2D eigenvalue weighted by Crippen LogP contribution is -2.27. The van der Waals surface area contributed by atoms with E-state index in [4.69, 9.17) is 26.3 Å². The second-order valence-electron chi connectivity index (χ2n) is 12.8. The third kappa shape index (κ3) is 6.16. The smallest absolute Gasteiger partial charge is 0.340 e. The van der Waals surface area contributed by atoms with Gasteiger partial charge in [-0.15, -0.1) is 11.6 Å². The Morgan fingerprint density at radius 3 is 2.02 bits per heavy atom. The van der Waals surface area contributed by atoms with E-state index in [9.17, 15) is 9.59 Å².